The van der Waals surface area contributed by atoms with E-state index in [4.69, 9.17) is 15.2 Å². The fourth-order valence-electron chi connectivity index (χ4n) is 4.22. The van der Waals surface area contributed by atoms with Crippen molar-refractivity contribution in [1.29, 1.82) is 10.5 Å². The molecule has 0 aromatic heterocycles. The topological polar surface area (TPSA) is 114 Å². The van der Waals surface area contributed by atoms with E-state index < -0.39 is 34.8 Å². The fraction of sp³-hybridized carbons (Fsp3) is 0.471. The molecule has 2 fully saturated rings. The fourth-order valence-corrected chi connectivity index (χ4v) is 4.22. The zero-order valence-electron chi connectivity index (χ0n) is 13.9. The number of fused-ring (bicyclic) bond motifs is 2. The first-order valence-corrected chi connectivity index (χ1v) is 8.01. The van der Waals surface area contributed by atoms with Gasteiger partial charge in [0.1, 0.15) is 17.0 Å². The number of aliphatic imine (C=N–C) groups is 1. The van der Waals surface area contributed by atoms with Crippen LogP contribution < -0.4 is 10.5 Å². The predicted octanol–water partition coefficient (Wildman–Crippen LogP) is 2.16. The van der Waals surface area contributed by atoms with E-state index >= 15 is 0 Å². The lowest BCUT2D eigenvalue weighted by molar-refractivity contribution is -0.274. The van der Waals surface area contributed by atoms with E-state index in [1.165, 1.54) is 12.1 Å². The lowest BCUT2D eigenvalue weighted by Crippen LogP contribution is -2.39. The summed E-state index contributed by atoms with van der Waals surface area (Å²) in [5, 5.41) is 19.8. The number of benzene rings is 1. The van der Waals surface area contributed by atoms with Crippen molar-refractivity contribution < 1.29 is 27.4 Å². The minimum Gasteiger partial charge on any atom is -0.406 e. The highest BCUT2D eigenvalue weighted by Crippen LogP contribution is 2.82. The van der Waals surface area contributed by atoms with E-state index in [1.54, 1.807) is 6.92 Å². The van der Waals surface area contributed by atoms with Crippen molar-refractivity contribution in [3.05, 3.63) is 29.8 Å². The van der Waals surface area contributed by atoms with Crippen LogP contribution in [0.2, 0.25) is 0 Å². The third kappa shape index (κ3) is 2.00. The highest BCUT2D eigenvalue weighted by Gasteiger charge is 2.94. The van der Waals surface area contributed by atoms with Gasteiger partial charge >= 0.3 is 6.36 Å². The van der Waals surface area contributed by atoms with E-state index in [0.29, 0.717) is 5.56 Å². The summed E-state index contributed by atoms with van der Waals surface area (Å²) in [7, 11) is 0. The van der Waals surface area contributed by atoms with Gasteiger partial charge in [0.15, 0.2) is 5.41 Å². The number of ether oxygens (including phenoxy) is 3. The van der Waals surface area contributed by atoms with Crippen molar-refractivity contribution in [2.75, 3.05) is 6.61 Å². The lowest BCUT2D eigenvalue weighted by Gasteiger charge is -2.26. The maximum atomic E-state index is 12.3. The van der Waals surface area contributed by atoms with Crippen LogP contribution >= 0.6 is 0 Å². The van der Waals surface area contributed by atoms with Gasteiger partial charge in [0.05, 0.1) is 24.8 Å². The summed E-state index contributed by atoms with van der Waals surface area (Å²) in [6.45, 7) is 1.91. The van der Waals surface area contributed by atoms with E-state index in [1.807, 2.05) is 0 Å². The Morgan fingerprint density at radius 1 is 1.26 bits per heavy atom. The summed E-state index contributed by atoms with van der Waals surface area (Å²) in [4.78, 5) is 4.16. The minimum atomic E-state index is -4.82. The van der Waals surface area contributed by atoms with Crippen LogP contribution in [0, 0.1) is 33.5 Å². The number of rotatable bonds is 2. The zero-order chi connectivity index (χ0) is 19.7. The summed E-state index contributed by atoms with van der Waals surface area (Å²) >= 11 is 0. The van der Waals surface area contributed by atoms with E-state index in [2.05, 4.69) is 21.9 Å². The Hall–Kier alpha value is -2.82. The molecular weight excluding hydrogens is 365 g/mol. The van der Waals surface area contributed by atoms with Gasteiger partial charge in [-0.15, -0.1) is 13.2 Å². The second-order valence-electron chi connectivity index (χ2n) is 6.71. The number of nitrogens with two attached hydrogens (primary N) is 1. The van der Waals surface area contributed by atoms with Gasteiger partial charge in [-0.2, -0.15) is 10.5 Å². The number of hydrogen-bond acceptors (Lipinski definition) is 7. The molecule has 2 aliphatic heterocycles. The number of nitriles is 2. The van der Waals surface area contributed by atoms with Crippen LogP contribution in [-0.4, -0.2) is 30.8 Å². The Morgan fingerprint density at radius 3 is 2.41 bits per heavy atom. The van der Waals surface area contributed by atoms with Crippen LogP contribution in [0.3, 0.4) is 0 Å². The first-order chi connectivity index (χ1) is 12.7. The summed E-state index contributed by atoms with van der Waals surface area (Å²) < 4.78 is 52.3. The molecule has 10 heteroatoms. The van der Waals surface area contributed by atoms with Crippen LogP contribution in [-0.2, 0) is 9.47 Å². The molecule has 1 spiro atoms. The number of hydrogen-bond donors (Lipinski definition) is 1. The zero-order valence-corrected chi connectivity index (χ0v) is 13.9. The standard InChI is InChI=1S/C17H13F3N4O3/c1-9-6-25-16(26-9)15(8-22)12(14(15,7-21)13(23)24-16)10-2-4-11(5-3-10)27-17(18,19)20/h2-5,9,12H,6H2,1H3,(H2,23,24). The van der Waals surface area contributed by atoms with E-state index in [-0.39, 0.29) is 18.5 Å². The average Bonchev–Trinajstić information content (AvgIpc) is 2.98. The Morgan fingerprint density at radius 2 is 1.93 bits per heavy atom. The lowest BCUT2D eigenvalue weighted by atomic mass is 9.94. The van der Waals surface area contributed by atoms with Crippen molar-refractivity contribution in [1.82, 2.24) is 0 Å². The van der Waals surface area contributed by atoms with Crippen LogP contribution in [0.1, 0.15) is 18.4 Å². The van der Waals surface area contributed by atoms with Gasteiger partial charge in [-0.05, 0) is 24.6 Å². The van der Waals surface area contributed by atoms with Crippen LogP contribution in [0.25, 0.3) is 0 Å². The molecule has 0 amide bonds. The SMILES string of the molecule is CC1COC2(N=C(N)C3(C#N)C(c4ccc(OC(F)(F)F)cc4)C23C#N)O1. The molecule has 7 nitrogen and oxygen atoms in total. The van der Waals surface area contributed by atoms with E-state index in [0.717, 1.165) is 12.1 Å². The van der Waals surface area contributed by atoms with Gasteiger partial charge in [0.2, 0.25) is 0 Å². The largest absolute Gasteiger partial charge is 0.573 e. The second-order valence-corrected chi connectivity index (χ2v) is 6.71. The Kier molecular flexibility index (Phi) is 3.34. The van der Waals surface area contributed by atoms with Crippen molar-refractivity contribution in [3.8, 4) is 17.9 Å². The molecule has 140 valence electrons. The number of halogens is 3. The summed E-state index contributed by atoms with van der Waals surface area (Å²) in [5.41, 5.74) is 3.46. The highest BCUT2D eigenvalue weighted by molar-refractivity contribution is 6.00. The normalized spacial score (nSPS) is 39.4. The van der Waals surface area contributed by atoms with Crippen molar-refractivity contribution in [2.24, 2.45) is 21.6 Å². The molecule has 5 atom stereocenters. The van der Waals surface area contributed by atoms with Gasteiger partial charge in [-0.3, -0.25) is 0 Å². The third-order valence-corrected chi connectivity index (χ3v) is 5.25. The highest BCUT2D eigenvalue weighted by atomic mass is 19.4. The molecule has 5 unspecified atom stereocenters. The maximum Gasteiger partial charge on any atom is 0.573 e. The Balaban J connectivity index is 1.76. The summed E-state index contributed by atoms with van der Waals surface area (Å²) in [5.74, 6) is -2.95. The Bertz CT molecular complexity index is 919. The first-order valence-electron chi connectivity index (χ1n) is 8.01. The summed E-state index contributed by atoms with van der Waals surface area (Å²) in [6.07, 6.45) is -5.17. The quantitative estimate of drug-likeness (QED) is 0.844. The third-order valence-electron chi connectivity index (χ3n) is 5.25. The van der Waals surface area contributed by atoms with Gasteiger partial charge in [0, 0.05) is 5.92 Å². The van der Waals surface area contributed by atoms with Crippen LogP contribution in [0.4, 0.5) is 13.2 Å². The van der Waals surface area contributed by atoms with Crippen LogP contribution in [0.15, 0.2) is 29.3 Å². The molecule has 1 aromatic rings. The second kappa shape index (κ2) is 5.12. The smallest absolute Gasteiger partial charge is 0.406 e. The maximum absolute atomic E-state index is 12.3. The molecule has 2 heterocycles. The molecule has 1 saturated heterocycles. The van der Waals surface area contributed by atoms with Crippen molar-refractivity contribution in [3.63, 3.8) is 0 Å². The van der Waals surface area contributed by atoms with Crippen molar-refractivity contribution in [2.45, 2.75) is 31.2 Å². The first kappa shape index (κ1) is 17.6. The minimum absolute atomic E-state index is 0.0822. The number of alkyl halides is 3. The molecular formula is C17H13F3N4O3. The molecule has 0 bridgehead atoms. The average molecular weight is 378 g/mol. The van der Waals surface area contributed by atoms with Gasteiger partial charge < -0.3 is 19.9 Å². The molecule has 1 aromatic carbocycles. The molecule has 2 N–H and O–H groups in total. The molecule has 4 rings (SSSR count). The predicted molar refractivity (Wildman–Crippen MR) is 82.8 cm³/mol. The van der Waals surface area contributed by atoms with E-state index in [9.17, 15) is 23.7 Å². The molecule has 1 aliphatic carbocycles. The van der Waals surface area contributed by atoms with Crippen LogP contribution in [0.5, 0.6) is 5.75 Å². The molecule has 27 heavy (non-hydrogen) atoms. The summed E-state index contributed by atoms with van der Waals surface area (Å²) in [6, 6.07) is 9.15. The van der Waals surface area contributed by atoms with Gasteiger partial charge in [-0.1, -0.05) is 12.1 Å². The number of amidine groups is 1. The Labute approximate surface area is 151 Å². The molecule has 1 saturated carbocycles. The molecule has 0 radical (unpaired) electrons. The monoisotopic (exact) mass is 378 g/mol. The molecule has 3 aliphatic rings. The number of nitrogens with zero attached hydrogens (tertiary/aromatic N) is 3. The van der Waals surface area contributed by atoms with Crippen molar-refractivity contribution >= 4 is 5.84 Å². The van der Waals surface area contributed by atoms with Gasteiger partial charge in [-0.25, -0.2) is 4.99 Å². The van der Waals surface area contributed by atoms with Gasteiger partial charge in [0.25, 0.3) is 5.91 Å².